The minimum Gasteiger partial charge on any atom is -0.336 e. The first kappa shape index (κ1) is 17.5. The third kappa shape index (κ3) is 3.39. The van der Waals surface area contributed by atoms with Gasteiger partial charge in [0.05, 0.1) is 16.8 Å². The molecule has 1 aliphatic heterocycles. The second-order valence-electron chi connectivity index (χ2n) is 6.36. The van der Waals surface area contributed by atoms with Gasteiger partial charge < -0.3 is 4.90 Å². The average Bonchev–Trinajstić information content (AvgIpc) is 3.14. The molecule has 1 aromatic heterocycles. The Morgan fingerprint density at radius 2 is 2.08 bits per heavy atom. The lowest BCUT2D eigenvalue weighted by atomic mass is 10.1. The molecule has 2 atom stereocenters. The van der Waals surface area contributed by atoms with E-state index in [-0.39, 0.29) is 30.3 Å². The molecule has 2 heterocycles. The Labute approximate surface area is 143 Å². The smallest absolute Gasteiger partial charge is 0.267 e. The van der Waals surface area contributed by atoms with E-state index in [1.54, 1.807) is 0 Å². The van der Waals surface area contributed by atoms with Crippen LogP contribution in [0.1, 0.15) is 25.7 Å². The van der Waals surface area contributed by atoms with Crippen molar-refractivity contribution in [3.05, 3.63) is 23.4 Å². The van der Waals surface area contributed by atoms with Crippen molar-refractivity contribution in [3.8, 4) is 0 Å². The molecule has 1 saturated heterocycles. The van der Waals surface area contributed by atoms with Crippen LogP contribution in [0.25, 0.3) is 0 Å². The maximum Gasteiger partial charge on any atom is 0.267 e. The van der Waals surface area contributed by atoms with Crippen molar-refractivity contribution in [2.45, 2.75) is 41.9 Å². The summed E-state index contributed by atoms with van der Waals surface area (Å²) in [5.41, 5.74) is 0. The number of alkyl halides is 2. The number of nitrogens with zero attached hydrogens (tertiary/aromatic N) is 2. The molecule has 3 rings (SSSR count). The molecular weight excluding hydrogens is 362 g/mol. The van der Waals surface area contributed by atoms with Gasteiger partial charge in [0.1, 0.15) is 0 Å². The first-order chi connectivity index (χ1) is 11.2. The number of carbonyl (C=O) groups is 1. The normalized spacial score (nSPS) is 26.7. The fourth-order valence-corrected chi connectivity index (χ4v) is 5.17. The largest absolute Gasteiger partial charge is 0.336 e. The number of sulfone groups is 1. The molecule has 2 aliphatic rings. The van der Waals surface area contributed by atoms with Gasteiger partial charge in [-0.2, -0.15) is 0 Å². The quantitative estimate of drug-likeness (QED) is 0.810. The highest BCUT2D eigenvalue weighted by Gasteiger charge is 2.45. The second-order valence-corrected chi connectivity index (χ2v) is 8.97. The summed E-state index contributed by atoms with van der Waals surface area (Å²) < 4.78 is 51.7. The summed E-state index contributed by atoms with van der Waals surface area (Å²) in [6, 6.07) is 2.79. The van der Waals surface area contributed by atoms with Gasteiger partial charge in [-0.3, -0.25) is 4.79 Å². The van der Waals surface area contributed by atoms with E-state index in [4.69, 9.17) is 11.6 Å². The summed E-state index contributed by atoms with van der Waals surface area (Å²) in [7, 11) is -3.66. The molecule has 132 valence electrons. The van der Waals surface area contributed by atoms with E-state index in [1.165, 1.54) is 18.3 Å². The average molecular weight is 379 g/mol. The summed E-state index contributed by atoms with van der Waals surface area (Å²) in [6.45, 7) is -0.545. The van der Waals surface area contributed by atoms with E-state index in [1.807, 2.05) is 0 Å². The fraction of sp³-hybridized carbons (Fsp3) is 0.600. The fourth-order valence-electron chi connectivity index (χ4n) is 3.33. The predicted octanol–water partition coefficient (Wildman–Crippen LogP) is 2.55. The molecule has 0 radical (unpaired) electrons. The van der Waals surface area contributed by atoms with Crippen molar-refractivity contribution >= 4 is 27.3 Å². The number of pyridine rings is 1. The molecule has 0 spiro atoms. The minimum atomic E-state index is -3.66. The number of aromatic nitrogens is 1. The zero-order chi connectivity index (χ0) is 17.5. The summed E-state index contributed by atoms with van der Waals surface area (Å²) in [5.74, 6) is -3.73. The van der Waals surface area contributed by atoms with Gasteiger partial charge >= 0.3 is 0 Å². The van der Waals surface area contributed by atoms with E-state index >= 15 is 0 Å². The van der Waals surface area contributed by atoms with Gasteiger partial charge in [-0.15, -0.1) is 0 Å². The van der Waals surface area contributed by atoms with Crippen LogP contribution in [0.3, 0.4) is 0 Å². The van der Waals surface area contributed by atoms with Crippen LogP contribution in [-0.4, -0.2) is 48.5 Å². The van der Waals surface area contributed by atoms with Crippen molar-refractivity contribution in [3.63, 3.8) is 0 Å². The number of likely N-dealkylation sites (tertiary alicyclic amines) is 1. The molecule has 0 aromatic carbocycles. The van der Waals surface area contributed by atoms with E-state index in [2.05, 4.69) is 4.98 Å². The van der Waals surface area contributed by atoms with Gasteiger partial charge in [0, 0.05) is 25.1 Å². The van der Waals surface area contributed by atoms with E-state index in [9.17, 15) is 22.0 Å². The lowest BCUT2D eigenvalue weighted by Gasteiger charge is -2.20. The van der Waals surface area contributed by atoms with Gasteiger partial charge in [-0.05, 0) is 31.4 Å². The van der Waals surface area contributed by atoms with Gasteiger partial charge in [0.15, 0.2) is 14.9 Å². The molecule has 24 heavy (non-hydrogen) atoms. The second kappa shape index (κ2) is 6.22. The molecule has 5 nitrogen and oxygen atoms in total. The van der Waals surface area contributed by atoms with Gasteiger partial charge in [-0.25, -0.2) is 22.2 Å². The topological polar surface area (TPSA) is 67.3 Å². The summed E-state index contributed by atoms with van der Waals surface area (Å²) in [5, 5.41) is -0.454. The van der Waals surface area contributed by atoms with E-state index < -0.39 is 33.5 Å². The molecule has 2 fully saturated rings. The summed E-state index contributed by atoms with van der Waals surface area (Å²) in [6.07, 6.45) is 1.79. The Morgan fingerprint density at radius 3 is 2.67 bits per heavy atom. The highest BCUT2D eigenvalue weighted by Crippen LogP contribution is 2.36. The predicted molar refractivity (Wildman–Crippen MR) is 83.7 cm³/mol. The summed E-state index contributed by atoms with van der Waals surface area (Å²) >= 11 is 5.71. The third-order valence-corrected chi connectivity index (χ3v) is 7.00. The van der Waals surface area contributed by atoms with Crippen LogP contribution in [0.2, 0.25) is 5.02 Å². The number of amides is 1. The van der Waals surface area contributed by atoms with Crippen molar-refractivity contribution in [1.82, 2.24) is 9.88 Å². The molecule has 1 amide bonds. The van der Waals surface area contributed by atoms with Crippen molar-refractivity contribution in [1.29, 1.82) is 0 Å². The monoisotopic (exact) mass is 378 g/mol. The number of hydrogen-bond acceptors (Lipinski definition) is 4. The van der Waals surface area contributed by atoms with E-state index in [0.29, 0.717) is 17.9 Å². The SMILES string of the molecule is O=C([C@@H]1CC[C@@H](S(=O)(=O)c2ccc(Cl)cn2)C1)N1CCC(F)(F)C1. The van der Waals surface area contributed by atoms with Crippen LogP contribution in [0, 0.1) is 5.92 Å². The lowest BCUT2D eigenvalue weighted by Crippen LogP contribution is -2.35. The lowest BCUT2D eigenvalue weighted by molar-refractivity contribution is -0.135. The molecule has 0 bridgehead atoms. The van der Waals surface area contributed by atoms with Crippen molar-refractivity contribution in [2.75, 3.05) is 13.1 Å². The Balaban J connectivity index is 1.69. The molecule has 1 aliphatic carbocycles. The highest BCUT2D eigenvalue weighted by atomic mass is 35.5. The zero-order valence-electron chi connectivity index (χ0n) is 12.8. The molecule has 9 heteroatoms. The Kier molecular flexibility index (Phi) is 4.55. The van der Waals surface area contributed by atoms with Crippen LogP contribution < -0.4 is 0 Å². The maximum atomic E-state index is 13.3. The van der Waals surface area contributed by atoms with Gasteiger partial charge in [0.25, 0.3) is 5.92 Å². The van der Waals surface area contributed by atoms with Crippen LogP contribution in [0.5, 0.6) is 0 Å². The molecule has 1 aromatic rings. The molecule has 1 saturated carbocycles. The Bertz CT molecular complexity index is 740. The first-order valence-corrected chi connectivity index (χ1v) is 9.63. The Hall–Kier alpha value is -1.28. The molecule has 0 unspecified atom stereocenters. The van der Waals surface area contributed by atoms with Crippen molar-refractivity contribution in [2.24, 2.45) is 5.92 Å². The minimum absolute atomic E-state index is 0.0263. The summed E-state index contributed by atoms with van der Waals surface area (Å²) in [4.78, 5) is 17.4. The first-order valence-electron chi connectivity index (χ1n) is 7.71. The molecular formula is C15H17ClF2N2O3S. The number of carbonyl (C=O) groups excluding carboxylic acids is 1. The van der Waals surface area contributed by atoms with Crippen LogP contribution in [-0.2, 0) is 14.6 Å². The standard InChI is InChI=1S/C15H17ClF2N2O3S/c16-11-2-4-13(19-8-11)24(22,23)12-3-1-10(7-12)14(21)20-6-5-15(17,18)9-20/h2,4,8,10,12H,1,3,5-7,9H2/t10-,12-/m1/s1. The number of hydrogen-bond donors (Lipinski definition) is 0. The third-order valence-electron chi connectivity index (χ3n) is 4.65. The number of rotatable bonds is 3. The van der Waals surface area contributed by atoms with Crippen LogP contribution >= 0.6 is 11.6 Å². The van der Waals surface area contributed by atoms with Crippen LogP contribution in [0.4, 0.5) is 8.78 Å². The number of halogens is 3. The van der Waals surface area contributed by atoms with Crippen molar-refractivity contribution < 1.29 is 22.0 Å². The van der Waals surface area contributed by atoms with Gasteiger partial charge in [-0.1, -0.05) is 11.6 Å². The van der Waals surface area contributed by atoms with Gasteiger partial charge in [0.2, 0.25) is 5.91 Å². The van der Waals surface area contributed by atoms with E-state index in [0.717, 1.165) is 4.90 Å². The highest BCUT2D eigenvalue weighted by molar-refractivity contribution is 7.92. The Morgan fingerprint density at radius 1 is 1.33 bits per heavy atom. The van der Waals surface area contributed by atoms with Crippen LogP contribution in [0.15, 0.2) is 23.4 Å². The maximum absolute atomic E-state index is 13.3. The molecule has 0 N–H and O–H groups in total. The zero-order valence-corrected chi connectivity index (χ0v) is 14.4.